The van der Waals surface area contributed by atoms with Crippen LogP contribution in [0.1, 0.15) is 70.0 Å². The van der Waals surface area contributed by atoms with Crippen LogP contribution in [0.15, 0.2) is 59.1 Å². The SMILES string of the molecule is COc1nn(C)cc1C(=O)NS1(=O)=NC(=O)c2ccc3c(c2)N(C[C@@H]2CC[C@H]2[C@@H](OC)/C=C/[C@H](OC(=O)N(C)C)[C@H](C)C1)C[C@@]1(CCCc2cc(C)ccc21)CO3. The number of fused-ring (bicyclic) bond motifs is 4. The van der Waals surface area contributed by atoms with E-state index in [4.69, 9.17) is 18.9 Å². The standard InChI is InChI=1S/C42H54N6O8S/c1-26-10-14-33-28(19-26)9-8-18-42(33)24-48-21-30-11-13-31(30)36(53-6)17-16-35(56-41(51)46(3)4)27(2)23-57(52,45-39(50)32-22-47(5)43-40(32)54-7)44-38(49)29-12-15-37(55-25-42)34(48)20-29/h10,12,14-17,19-20,22,27,30-31,35-36H,8-9,11,13,18,21,23-25H2,1-7H3,(H,44,45,49,50,52)/b17-16+/t27-,30+,31-,35+,36+,42+,57?/m1/s1. The summed E-state index contributed by atoms with van der Waals surface area (Å²) in [6.45, 7) is 5.74. The molecular weight excluding hydrogens is 749 g/mol. The van der Waals surface area contributed by atoms with Gasteiger partial charge < -0.3 is 28.7 Å². The third-order valence-electron chi connectivity index (χ3n) is 12.0. The van der Waals surface area contributed by atoms with Gasteiger partial charge in [0.1, 0.15) is 27.3 Å². The molecule has 7 atom stereocenters. The van der Waals surface area contributed by atoms with Crippen molar-refractivity contribution >= 4 is 33.5 Å². The average molecular weight is 803 g/mol. The number of nitrogens with zero attached hydrogens (tertiary/aromatic N) is 5. The van der Waals surface area contributed by atoms with Gasteiger partial charge in [-0.05, 0) is 86.3 Å². The first kappa shape index (κ1) is 40.3. The highest BCUT2D eigenvalue weighted by molar-refractivity contribution is 7.92. The fourth-order valence-electron chi connectivity index (χ4n) is 8.84. The van der Waals surface area contributed by atoms with E-state index in [0.29, 0.717) is 25.4 Å². The number of aromatic nitrogens is 2. The maximum Gasteiger partial charge on any atom is 0.409 e. The van der Waals surface area contributed by atoms with Crippen LogP contribution in [-0.2, 0) is 38.3 Å². The summed E-state index contributed by atoms with van der Waals surface area (Å²) in [5.41, 5.74) is 4.61. The van der Waals surface area contributed by atoms with Gasteiger partial charge in [0.2, 0.25) is 5.88 Å². The monoisotopic (exact) mass is 802 g/mol. The largest absolute Gasteiger partial charge is 0.490 e. The lowest BCUT2D eigenvalue weighted by Gasteiger charge is -2.46. The number of anilines is 1. The van der Waals surface area contributed by atoms with Gasteiger partial charge in [-0.25, -0.2) is 9.00 Å². The lowest BCUT2D eigenvalue weighted by molar-refractivity contribution is 0.0120. The molecule has 0 radical (unpaired) electrons. The molecule has 2 aliphatic heterocycles. The van der Waals surface area contributed by atoms with Crippen LogP contribution in [0.3, 0.4) is 0 Å². The van der Waals surface area contributed by atoms with Gasteiger partial charge in [-0.2, -0.15) is 0 Å². The topological polar surface area (TPSA) is 154 Å². The molecule has 3 heterocycles. The van der Waals surface area contributed by atoms with Gasteiger partial charge >= 0.3 is 6.09 Å². The molecule has 1 saturated carbocycles. The lowest BCUT2D eigenvalue weighted by atomic mass is 9.68. The number of aryl methyl sites for hydroxylation is 3. The van der Waals surface area contributed by atoms with E-state index in [1.807, 2.05) is 6.08 Å². The van der Waals surface area contributed by atoms with E-state index in [0.717, 1.165) is 37.8 Å². The second kappa shape index (κ2) is 16.2. The maximum atomic E-state index is 15.0. The van der Waals surface area contributed by atoms with Gasteiger partial charge in [0.05, 0.1) is 31.3 Å². The number of carbonyl (C=O) groups excluding carboxylic acids is 3. The van der Waals surface area contributed by atoms with Crippen LogP contribution < -0.4 is 19.1 Å². The first-order valence-electron chi connectivity index (χ1n) is 19.6. The summed E-state index contributed by atoms with van der Waals surface area (Å²) in [6.07, 6.45) is 8.30. The average Bonchev–Trinajstić information content (AvgIpc) is 3.48. The first-order valence-corrected chi connectivity index (χ1v) is 21.3. The highest BCUT2D eigenvalue weighted by Crippen LogP contribution is 2.47. The van der Waals surface area contributed by atoms with Crippen molar-refractivity contribution in [2.24, 2.45) is 29.2 Å². The summed E-state index contributed by atoms with van der Waals surface area (Å²) in [7, 11) is 3.95. The summed E-state index contributed by atoms with van der Waals surface area (Å²) < 4.78 is 47.2. The Hall–Kier alpha value is -4.89. The summed E-state index contributed by atoms with van der Waals surface area (Å²) in [5.74, 6) is -1.44. The van der Waals surface area contributed by atoms with Crippen molar-refractivity contribution in [3.63, 3.8) is 0 Å². The van der Waals surface area contributed by atoms with Crippen molar-refractivity contribution in [1.29, 1.82) is 0 Å². The Balaban J connectivity index is 1.34. The first-order chi connectivity index (χ1) is 27.2. The third kappa shape index (κ3) is 8.27. The second-order valence-electron chi connectivity index (χ2n) is 16.3. The van der Waals surface area contributed by atoms with Crippen LogP contribution in [0.25, 0.3) is 0 Å². The Kier molecular flexibility index (Phi) is 11.4. The zero-order valence-electron chi connectivity index (χ0n) is 33.9. The van der Waals surface area contributed by atoms with E-state index in [1.165, 1.54) is 39.6 Å². The van der Waals surface area contributed by atoms with Crippen LogP contribution in [-0.4, -0.2) is 103 Å². The molecule has 1 unspecified atom stereocenters. The third-order valence-corrected chi connectivity index (χ3v) is 13.9. The van der Waals surface area contributed by atoms with Crippen LogP contribution in [0, 0.1) is 24.7 Å². The van der Waals surface area contributed by atoms with Crippen LogP contribution >= 0.6 is 0 Å². The molecule has 1 spiro atoms. The Morgan fingerprint density at radius 1 is 1.09 bits per heavy atom. The summed E-state index contributed by atoms with van der Waals surface area (Å²) in [6, 6.07) is 11.9. The molecule has 2 aliphatic carbocycles. The highest BCUT2D eigenvalue weighted by atomic mass is 32.2. The normalized spacial score (nSPS) is 29.0. The fourth-order valence-corrected chi connectivity index (χ4v) is 10.7. The van der Waals surface area contributed by atoms with Crippen molar-refractivity contribution in [1.82, 2.24) is 19.4 Å². The van der Waals surface area contributed by atoms with E-state index in [9.17, 15) is 18.6 Å². The lowest BCUT2D eigenvalue weighted by Crippen LogP contribution is -2.49. The number of amides is 3. The molecule has 2 aromatic carbocycles. The number of methoxy groups -OCH3 is 2. The number of carbonyl (C=O) groups is 3. The van der Waals surface area contributed by atoms with Gasteiger partial charge in [0.15, 0.2) is 0 Å². The number of benzene rings is 2. The van der Waals surface area contributed by atoms with E-state index in [-0.39, 0.29) is 46.1 Å². The Labute approximate surface area is 335 Å². The summed E-state index contributed by atoms with van der Waals surface area (Å²) >= 11 is 0. The molecule has 15 heteroatoms. The molecule has 57 heavy (non-hydrogen) atoms. The van der Waals surface area contributed by atoms with Crippen molar-refractivity contribution in [3.8, 4) is 11.6 Å². The Bertz CT molecular complexity index is 2190. The minimum Gasteiger partial charge on any atom is -0.490 e. The Morgan fingerprint density at radius 3 is 2.60 bits per heavy atom. The molecule has 14 nitrogen and oxygen atoms in total. The second-order valence-corrected chi connectivity index (χ2v) is 18.3. The van der Waals surface area contributed by atoms with E-state index < -0.39 is 39.8 Å². The molecule has 0 saturated heterocycles. The summed E-state index contributed by atoms with van der Waals surface area (Å²) in [4.78, 5) is 44.7. The van der Waals surface area contributed by atoms with E-state index in [2.05, 4.69) is 44.2 Å². The van der Waals surface area contributed by atoms with Crippen molar-refractivity contribution in [3.05, 3.63) is 82.6 Å². The highest BCUT2D eigenvalue weighted by Gasteiger charge is 2.44. The smallest absolute Gasteiger partial charge is 0.409 e. The maximum absolute atomic E-state index is 15.0. The molecule has 1 N–H and O–H groups in total. The zero-order chi connectivity index (χ0) is 40.6. The van der Waals surface area contributed by atoms with Gasteiger partial charge in [-0.15, -0.1) is 9.46 Å². The van der Waals surface area contributed by atoms with Crippen molar-refractivity contribution in [2.45, 2.75) is 63.6 Å². The van der Waals surface area contributed by atoms with E-state index >= 15 is 0 Å². The molecular formula is C42H54N6O8S. The number of nitrogens with one attached hydrogen (secondary N) is 1. The molecule has 3 amide bonds. The minimum absolute atomic E-state index is 0.0184. The van der Waals surface area contributed by atoms with Gasteiger partial charge in [0, 0.05) is 64.4 Å². The quantitative estimate of drug-likeness (QED) is 0.329. The fraction of sp³-hybridized carbons (Fsp3) is 0.524. The van der Waals surface area contributed by atoms with Gasteiger partial charge in [-0.1, -0.05) is 36.8 Å². The number of hydrogen-bond acceptors (Lipinski definition) is 10. The van der Waals surface area contributed by atoms with E-state index in [1.54, 1.807) is 59.5 Å². The molecule has 4 aliphatic rings. The van der Waals surface area contributed by atoms with Gasteiger partial charge in [0.25, 0.3) is 11.8 Å². The van der Waals surface area contributed by atoms with Gasteiger partial charge in [-0.3, -0.25) is 19.0 Å². The predicted octanol–water partition coefficient (Wildman–Crippen LogP) is 5.48. The molecule has 7 rings (SSSR count). The summed E-state index contributed by atoms with van der Waals surface area (Å²) in [5, 5.41) is 4.15. The number of hydrogen-bond donors (Lipinski definition) is 1. The minimum atomic E-state index is -3.88. The van der Waals surface area contributed by atoms with Crippen LogP contribution in [0.2, 0.25) is 0 Å². The van der Waals surface area contributed by atoms with Crippen LogP contribution in [0.4, 0.5) is 10.5 Å². The van der Waals surface area contributed by atoms with Crippen LogP contribution in [0.5, 0.6) is 11.6 Å². The molecule has 2 bridgehead atoms. The Morgan fingerprint density at radius 2 is 1.88 bits per heavy atom. The molecule has 1 fully saturated rings. The van der Waals surface area contributed by atoms with Crippen molar-refractivity contribution in [2.75, 3.05) is 58.7 Å². The molecule has 306 valence electrons. The number of ether oxygens (including phenoxy) is 4. The predicted molar refractivity (Wildman–Crippen MR) is 216 cm³/mol. The number of rotatable bonds is 5. The molecule has 1 aromatic heterocycles. The molecule has 3 aromatic rings. The van der Waals surface area contributed by atoms with Crippen molar-refractivity contribution < 1.29 is 37.5 Å². The zero-order valence-corrected chi connectivity index (χ0v) is 34.7.